The molecule has 3 rings (SSSR count). The van der Waals surface area contributed by atoms with Gasteiger partial charge in [-0.1, -0.05) is 18.2 Å². The first kappa shape index (κ1) is 18.9. The highest BCUT2D eigenvalue weighted by Gasteiger charge is 2.45. The van der Waals surface area contributed by atoms with Crippen molar-refractivity contribution in [1.29, 1.82) is 0 Å². The summed E-state index contributed by atoms with van der Waals surface area (Å²) < 4.78 is 0. The maximum Gasteiger partial charge on any atom is 0.262 e. The van der Waals surface area contributed by atoms with Gasteiger partial charge in [0.25, 0.3) is 11.8 Å². The summed E-state index contributed by atoms with van der Waals surface area (Å²) in [5.41, 5.74) is 6.96. The number of nitrogens with zero attached hydrogens (tertiary/aromatic N) is 1. The van der Waals surface area contributed by atoms with E-state index in [1.165, 1.54) is 0 Å². The number of piperidine rings is 1. The molecule has 0 spiro atoms. The zero-order chi connectivity index (χ0) is 19.6. The van der Waals surface area contributed by atoms with Crippen LogP contribution in [0.1, 0.15) is 45.5 Å². The predicted octanol–water partition coefficient (Wildman–Crippen LogP) is 0.0808. The van der Waals surface area contributed by atoms with Crippen LogP contribution in [0.25, 0.3) is 0 Å². The fourth-order valence-corrected chi connectivity index (χ4v) is 3.45. The lowest BCUT2D eigenvalue weighted by Gasteiger charge is -2.27. The minimum Gasteiger partial charge on any atom is -0.329 e. The quantitative estimate of drug-likeness (QED) is 0.462. The van der Waals surface area contributed by atoms with Gasteiger partial charge in [0.15, 0.2) is 0 Å². The van der Waals surface area contributed by atoms with Crippen LogP contribution < -0.4 is 16.4 Å². The number of rotatable bonds is 7. The molecule has 2 atom stereocenters. The molecule has 142 valence electrons. The zero-order valence-corrected chi connectivity index (χ0v) is 14.9. The lowest BCUT2D eigenvalue weighted by atomic mass is 10.0. The zero-order valence-electron chi connectivity index (χ0n) is 14.9. The largest absolute Gasteiger partial charge is 0.329 e. The van der Waals surface area contributed by atoms with Gasteiger partial charge < -0.3 is 11.1 Å². The highest BCUT2D eigenvalue weighted by atomic mass is 16.2. The number of benzene rings is 1. The normalized spacial score (nSPS) is 20.5. The first-order chi connectivity index (χ1) is 13.0. The molecule has 27 heavy (non-hydrogen) atoms. The summed E-state index contributed by atoms with van der Waals surface area (Å²) in [6, 6.07) is 4.10. The molecule has 0 aromatic heterocycles. The van der Waals surface area contributed by atoms with Gasteiger partial charge >= 0.3 is 0 Å². The Labute approximate surface area is 156 Å². The first-order valence-electron chi connectivity index (χ1n) is 8.85. The molecule has 1 saturated heterocycles. The minimum atomic E-state index is -0.964. The number of imide groups is 2. The molecule has 8 heteroatoms. The molecule has 4 N–H and O–H groups in total. The average Bonchev–Trinajstić information content (AvgIpc) is 2.90. The second-order valence-corrected chi connectivity index (χ2v) is 6.62. The first-order valence-corrected chi connectivity index (χ1v) is 8.85. The third-order valence-corrected chi connectivity index (χ3v) is 4.87. The molecule has 0 aliphatic carbocycles. The van der Waals surface area contributed by atoms with Gasteiger partial charge in [-0.05, 0) is 24.5 Å². The van der Waals surface area contributed by atoms with Crippen LogP contribution in [-0.4, -0.2) is 47.2 Å². The van der Waals surface area contributed by atoms with E-state index >= 15 is 0 Å². The Hall–Kier alpha value is -2.84. The molecule has 1 fully saturated rings. The lowest BCUT2D eigenvalue weighted by Crippen LogP contribution is -2.54. The number of nitrogens with one attached hydrogen (secondary N) is 2. The summed E-state index contributed by atoms with van der Waals surface area (Å²) in [7, 11) is 0. The third kappa shape index (κ3) is 3.54. The second kappa shape index (κ2) is 7.81. The molecule has 2 heterocycles. The summed E-state index contributed by atoms with van der Waals surface area (Å²) in [5, 5.41) is 5.45. The van der Waals surface area contributed by atoms with Gasteiger partial charge in [0.1, 0.15) is 6.04 Å². The van der Waals surface area contributed by atoms with Gasteiger partial charge in [-0.3, -0.25) is 29.4 Å². The minimum absolute atomic E-state index is 0.0109. The predicted molar refractivity (Wildman–Crippen MR) is 97.6 cm³/mol. The highest BCUT2D eigenvalue weighted by Crippen LogP contribution is 2.29. The summed E-state index contributed by atoms with van der Waals surface area (Å²) in [6.45, 7) is 4.47. The van der Waals surface area contributed by atoms with Gasteiger partial charge in [-0.15, -0.1) is 6.58 Å². The Morgan fingerprint density at radius 2 is 2.07 bits per heavy atom. The third-order valence-electron chi connectivity index (χ3n) is 4.87. The highest BCUT2D eigenvalue weighted by molar-refractivity contribution is 6.24. The van der Waals surface area contributed by atoms with E-state index < -0.39 is 29.7 Å². The van der Waals surface area contributed by atoms with Crippen LogP contribution in [-0.2, 0) is 16.1 Å². The Morgan fingerprint density at radius 3 is 2.74 bits per heavy atom. The molecule has 0 bridgehead atoms. The molecule has 2 aliphatic heterocycles. The van der Waals surface area contributed by atoms with Crippen LogP contribution in [0.15, 0.2) is 30.9 Å². The fourth-order valence-electron chi connectivity index (χ4n) is 3.45. The topological polar surface area (TPSA) is 122 Å². The molecule has 0 radical (unpaired) electrons. The van der Waals surface area contributed by atoms with Crippen molar-refractivity contribution >= 4 is 23.6 Å². The van der Waals surface area contributed by atoms with E-state index in [0.29, 0.717) is 30.6 Å². The molecular formula is C19H22N4O4. The summed E-state index contributed by atoms with van der Waals surface area (Å²) in [5.74, 6) is -2.02. The molecule has 0 saturated carbocycles. The van der Waals surface area contributed by atoms with Crippen LogP contribution >= 0.6 is 0 Å². The summed E-state index contributed by atoms with van der Waals surface area (Å²) in [6.07, 6.45) is 2.68. The molecular weight excluding hydrogens is 348 g/mol. The molecule has 1 aromatic rings. The van der Waals surface area contributed by atoms with Gasteiger partial charge in [0, 0.05) is 25.6 Å². The van der Waals surface area contributed by atoms with Crippen LogP contribution in [0.3, 0.4) is 0 Å². The van der Waals surface area contributed by atoms with Crippen molar-refractivity contribution in [3.63, 3.8) is 0 Å². The Kier molecular flexibility index (Phi) is 5.48. The standard InChI is InChI=1S/C19H22N4O4/c1-2-4-12(9-20)21-10-11-5-3-6-13-16(11)19(27)23(18(13)26)14-7-8-15(24)22-17(14)25/h2-3,5-6,12,14,21H,1,4,7-10,20H2,(H,22,24,25). The van der Waals surface area contributed by atoms with E-state index in [9.17, 15) is 19.2 Å². The smallest absolute Gasteiger partial charge is 0.262 e. The average molecular weight is 370 g/mol. The van der Waals surface area contributed by atoms with E-state index in [1.54, 1.807) is 24.3 Å². The van der Waals surface area contributed by atoms with Gasteiger partial charge in [-0.25, -0.2) is 0 Å². The van der Waals surface area contributed by atoms with Crippen LogP contribution in [0.4, 0.5) is 0 Å². The molecule has 2 unspecified atom stereocenters. The number of amides is 4. The van der Waals surface area contributed by atoms with Crippen molar-refractivity contribution < 1.29 is 19.2 Å². The maximum absolute atomic E-state index is 13.0. The Morgan fingerprint density at radius 1 is 1.30 bits per heavy atom. The van der Waals surface area contributed by atoms with Crippen LogP contribution in [0.5, 0.6) is 0 Å². The molecule has 8 nitrogen and oxygen atoms in total. The molecule has 1 aromatic carbocycles. The van der Waals surface area contributed by atoms with Gasteiger partial charge in [0.2, 0.25) is 11.8 Å². The van der Waals surface area contributed by atoms with E-state index in [1.807, 2.05) is 0 Å². The Balaban J connectivity index is 1.85. The number of carbonyl (C=O) groups excluding carboxylic acids is 4. The number of hydrogen-bond donors (Lipinski definition) is 3. The van der Waals surface area contributed by atoms with E-state index in [-0.39, 0.29) is 24.4 Å². The molecule has 4 amide bonds. The van der Waals surface area contributed by atoms with E-state index in [0.717, 1.165) is 4.90 Å². The van der Waals surface area contributed by atoms with E-state index in [4.69, 9.17) is 5.73 Å². The second-order valence-electron chi connectivity index (χ2n) is 6.62. The van der Waals surface area contributed by atoms with Crippen LogP contribution in [0.2, 0.25) is 0 Å². The van der Waals surface area contributed by atoms with Crippen molar-refractivity contribution in [2.24, 2.45) is 5.73 Å². The number of carbonyl (C=O) groups is 4. The SMILES string of the molecule is C=CCC(CN)NCc1cccc2c1C(=O)N(C1CCC(=O)NC1=O)C2=O. The van der Waals surface area contributed by atoms with E-state index in [2.05, 4.69) is 17.2 Å². The monoisotopic (exact) mass is 370 g/mol. The van der Waals surface area contributed by atoms with Gasteiger partial charge in [-0.2, -0.15) is 0 Å². The molecule has 2 aliphatic rings. The summed E-state index contributed by atoms with van der Waals surface area (Å²) >= 11 is 0. The maximum atomic E-state index is 13.0. The van der Waals surface area contributed by atoms with Crippen LogP contribution in [0, 0.1) is 0 Å². The number of fused-ring (bicyclic) bond motifs is 1. The van der Waals surface area contributed by atoms with Crippen molar-refractivity contribution in [2.75, 3.05) is 6.54 Å². The lowest BCUT2D eigenvalue weighted by molar-refractivity contribution is -0.136. The van der Waals surface area contributed by atoms with Crippen molar-refractivity contribution in [2.45, 2.75) is 37.9 Å². The fraction of sp³-hybridized carbons (Fsp3) is 0.368. The van der Waals surface area contributed by atoms with Crippen molar-refractivity contribution in [1.82, 2.24) is 15.5 Å². The Bertz CT molecular complexity index is 820. The van der Waals surface area contributed by atoms with Crippen molar-refractivity contribution in [3.05, 3.63) is 47.5 Å². The van der Waals surface area contributed by atoms with Crippen molar-refractivity contribution in [3.8, 4) is 0 Å². The summed E-state index contributed by atoms with van der Waals surface area (Å²) in [4.78, 5) is 50.2. The number of nitrogens with two attached hydrogens (primary N) is 1. The number of hydrogen-bond acceptors (Lipinski definition) is 6. The van der Waals surface area contributed by atoms with Gasteiger partial charge in [0.05, 0.1) is 11.1 Å².